The number of hydrogen-bond acceptors (Lipinski definition) is 3. The lowest BCUT2D eigenvalue weighted by Gasteiger charge is -2.12. The van der Waals surface area contributed by atoms with Crippen molar-refractivity contribution in [3.8, 4) is 0 Å². The van der Waals surface area contributed by atoms with Gasteiger partial charge in [-0.3, -0.25) is 5.32 Å². The van der Waals surface area contributed by atoms with Gasteiger partial charge in [0.05, 0.1) is 7.11 Å². The van der Waals surface area contributed by atoms with Gasteiger partial charge in [0.1, 0.15) is 0 Å². The first-order valence-corrected chi connectivity index (χ1v) is 5.32. The van der Waals surface area contributed by atoms with Crippen LogP contribution in [-0.4, -0.2) is 19.7 Å². The van der Waals surface area contributed by atoms with Crippen molar-refractivity contribution in [3.63, 3.8) is 0 Å². The quantitative estimate of drug-likeness (QED) is 0.821. The van der Waals surface area contributed by atoms with Crippen LogP contribution in [0.25, 0.3) is 0 Å². The van der Waals surface area contributed by atoms with Crippen LogP contribution in [0.1, 0.15) is 24.8 Å². The summed E-state index contributed by atoms with van der Waals surface area (Å²) in [5.41, 5.74) is 7.43. The fourth-order valence-electron chi connectivity index (χ4n) is 1.51. The van der Waals surface area contributed by atoms with Crippen LogP contribution in [0, 0.1) is 0 Å². The minimum absolute atomic E-state index is 0.393. The second kappa shape index (κ2) is 6.12. The molecule has 4 nitrogen and oxygen atoms in total. The van der Waals surface area contributed by atoms with E-state index < -0.39 is 6.09 Å². The maximum absolute atomic E-state index is 11.0. The average Bonchev–Trinajstić information content (AvgIpc) is 2.29. The van der Waals surface area contributed by atoms with Gasteiger partial charge in [0.2, 0.25) is 0 Å². The molecule has 3 N–H and O–H groups in total. The summed E-state index contributed by atoms with van der Waals surface area (Å²) in [7, 11) is 1.34. The molecule has 0 saturated carbocycles. The van der Waals surface area contributed by atoms with Crippen LogP contribution in [0.2, 0.25) is 0 Å². The van der Waals surface area contributed by atoms with Crippen molar-refractivity contribution in [1.82, 2.24) is 0 Å². The summed E-state index contributed by atoms with van der Waals surface area (Å²) in [6, 6.07) is 7.71. The van der Waals surface area contributed by atoms with Gasteiger partial charge in [0.15, 0.2) is 0 Å². The molecule has 0 aliphatic carbocycles. The van der Waals surface area contributed by atoms with Crippen LogP contribution in [0.4, 0.5) is 10.5 Å². The molecule has 0 fully saturated rings. The van der Waals surface area contributed by atoms with Crippen LogP contribution in [0.15, 0.2) is 24.3 Å². The smallest absolute Gasteiger partial charge is 0.411 e. The summed E-state index contributed by atoms with van der Waals surface area (Å²) < 4.78 is 4.53. The van der Waals surface area contributed by atoms with Gasteiger partial charge < -0.3 is 10.5 Å². The predicted molar refractivity (Wildman–Crippen MR) is 64.6 cm³/mol. The van der Waals surface area contributed by atoms with Gasteiger partial charge in [-0.15, -0.1) is 0 Å². The fourth-order valence-corrected chi connectivity index (χ4v) is 1.51. The molecular formula is C12H18N2O2. The Labute approximate surface area is 95.8 Å². The third kappa shape index (κ3) is 3.55. The minimum Gasteiger partial charge on any atom is -0.453 e. The standard InChI is InChI=1S/C12H18N2O2/c1-9(6-7-13)10-4-3-5-11(8-10)14-12(15)16-2/h3-5,8-9H,6-7,13H2,1-2H3,(H,14,15). The minimum atomic E-state index is -0.455. The molecule has 0 spiro atoms. The van der Waals surface area contributed by atoms with Crippen LogP contribution < -0.4 is 11.1 Å². The number of amides is 1. The third-order valence-electron chi connectivity index (χ3n) is 2.49. The molecule has 88 valence electrons. The van der Waals surface area contributed by atoms with Gasteiger partial charge in [-0.1, -0.05) is 19.1 Å². The lowest BCUT2D eigenvalue weighted by Crippen LogP contribution is -2.11. The largest absolute Gasteiger partial charge is 0.453 e. The van der Waals surface area contributed by atoms with E-state index in [0.717, 1.165) is 12.1 Å². The Bertz CT molecular complexity index is 353. The molecule has 0 aromatic heterocycles. The third-order valence-corrected chi connectivity index (χ3v) is 2.49. The molecule has 0 aliphatic rings. The Morgan fingerprint density at radius 2 is 2.31 bits per heavy atom. The van der Waals surface area contributed by atoms with Crippen LogP contribution in [0.5, 0.6) is 0 Å². The van der Waals surface area contributed by atoms with Crippen molar-refractivity contribution < 1.29 is 9.53 Å². The van der Waals surface area contributed by atoms with E-state index in [1.165, 1.54) is 12.7 Å². The van der Waals surface area contributed by atoms with Crippen molar-refractivity contribution in [2.75, 3.05) is 19.0 Å². The number of nitrogens with two attached hydrogens (primary N) is 1. The van der Waals surface area contributed by atoms with Gasteiger partial charge in [-0.05, 0) is 36.6 Å². The predicted octanol–water partition coefficient (Wildman–Crippen LogP) is 2.32. The van der Waals surface area contributed by atoms with E-state index in [2.05, 4.69) is 17.0 Å². The number of carbonyl (C=O) groups excluding carboxylic acids is 1. The first-order chi connectivity index (χ1) is 7.67. The van der Waals surface area contributed by atoms with E-state index in [1.807, 2.05) is 24.3 Å². The highest BCUT2D eigenvalue weighted by molar-refractivity contribution is 5.84. The highest BCUT2D eigenvalue weighted by atomic mass is 16.5. The molecule has 1 amide bonds. The van der Waals surface area contributed by atoms with Gasteiger partial charge in [0.25, 0.3) is 0 Å². The van der Waals surface area contributed by atoms with E-state index >= 15 is 0 Å². The first kappa shape index (κ1) is 12.5. The molecule has 1 aromatic rings. The topological polar surface area (TPSA) is 64.3 Å². The van der Waals surface area contributed by atoms with Gasteiger partial charge in [-0.2, -0.15) is 0 Å². The van der Waals surface area contributed by atoms with E-state index in [1.54, 1.807) is 0 Å². The summed E-state index contributed by atoms with van der Waals surface area (Å²) in [4.78, 5) is 11.0. The van der Waals surface area contributed by atoms with Crippen LogP contribution in [0.3, 0.4) is 0 Å². The Morgan fingerprint density at radius 1 is 1.56 bits per heavy atom. The lowest BCUT2D eigenvalue weighted by molar-refractivity contribution is 0.187. The molecule has 0 aliphatic heterocycles. The van der Waals surface area contributed by atoms with Crippen molar-refractivity contribution in [1.29, 1.82) is 0 Å². The van der Waals surface area contributed by atoms with Crippen LogP contribution >= 0.6 is 0 Å². The molecule has 0 heterocycles. The highest BCUT2D eigenvalue weighted by Crippen LogP contribution is 2.21. The number of nitrogens with one attached hydrogen (secondary N) is 1. The zero-order valence-corrected chi connectivity index (χ0v) is 9.69. The maximum atomic E-state index is 11.0. The molecule has 16 heavy (non-hydrogen) atoms. The molecule has 0 bridgehead atoms. The summed E-state index contributed by atoms with van der Waals surface area (Å²) in [5, 5.41) is 2.64. The van der Waals surface area contributed by atoms with Crippen LogP contribution in [-0.2, 0) is 4.74 Å². The zero-order valence-electron chi connectivity index (χ0n) is 9.69. The van der Waals surface area contributed by atoms with Crippen molar-refractivity contribution in [3.05, 3.63) is 29.8 Å². The highest BCUT2D eigenvalue weighted by Gasteiger charge is 2.06. The van der Waals surface area contributed by atoms with E-state index in [9.17, 15) is 4.79 Å². The Balaban J connectivity index is 2.74. The Morgan fingerprint density at radius 3 is 2.94 bits per heavy atom. The van der Waals surface area contributed by atoms with E-state index in [0.29, 0.717) is 12.5 Å². The number of anilines is 1. The number of carbonyl (C=O) groups is 1. The number of methoxy groups -OCH3 is 1. The van der Waals surface area contributed by atoms with Crippen molar-refractivity contribution >= 4 is 11.8 Å². The summed E-state index contributed by atoms with van der Waals surface area (Å²) >= 11 is 0. The second-order valence-corrected chi connectivity index (χ2v) is 3.72. The van der Waals surface area contributed by atoms with Gasteiger partial charge in [-0.25, -0.2) is 4.79 Å². The van der Waals surface area contributed by atoms with Gasteiger partial charge >= 0.3 is 6.09 Å². The average molecular weight is 222 g/mol. The molecule has 1 unspecified atom stereocenters. The summed E-state index contributed by atoms with van der Waals surface area (Å²) in [6.07, 6.45) is 0.477. The first-order valence-electron chi connectivity index (χ1n) is 5.32. The maximum Gasteiger partial charge on any atom is 0.411 e. The molecule has 1 rings (SSSR count). The second-order valence-electron chi connectivity index (χ2n) is 3.72. The van der Waals surface area contributed by atoms with E-state index in [4.69, 9.17) is 5.73 Å². The Kier molecular flexibility index (Phi) is 4.79. The van der Waals surface area contributed by atoms with Crippen molar-refractivity contribution in [2.24, 2.45) is 5.73 Å². The number of benzene rings is 1. The normalized spacial score (nSPS) is 11.9. The fraction of sp³-hybridized carbons (Fsp3) is 0.417. The zero-order chi connectivity index (χ0) is 12.0. The number of hydrogen-bond donors (Lipinski definition) is 2. The van der Waals surface area contributed by atoms with Crippen molar-refractivity contribution in [2.45, 2.75) is 19.3 Å². The lowest BCUT2D eigenvalue weighted by atomic mass is 9.97. The molecular weight excluding hydrogens is 204 g/mol. The number of ether oxygens (including phenoxy) is 1. The van der Waals surface area contributed by atoms with Gasteiger partial charge in [0, 0.05) is 5.69 Å². The molecule has 0 radical (unpaired) electrons. The number of rotatable bonds is 4. The Hall–Kier alpha value is -1.55. The summed E-state index contributed by atoms with van der Waals surface area (Å²) in [6.45, 7) is 2.78. The SMILES string of the molecule is COC(=O)Nc1cccc(C(C)CCN)c1. The monoisotopic (exact) mass is 222 g/mol. The molecule has 1 aromatic carbocycles. The molecule has 0 saturated heterocycles. The van der Waals surface area contributed by atoms with E-state index in [-0.39, 0.29) is 0 Å². The molecule has 1 atom stereocenters. The summed E-state index contributed by atoms with van der Waals surface area (Å²) in [5.74, 6) is 0.393. The molecule has 4 heteroatoms.